The maximum absolute atomic E-state index is 11.3. The topological polar surface area (TPSA) is 51.2 Å². The molecule has 0 saturated carbocycles. The highest BCUT2D eigenvalue weighted by atomic mass is 32.1. The van der Waals surface area contributed by atoms with Crippen LogP contribution in [-0.2, 0) is 0 Å². The summed E-state index contributed by atoms with van der Waals surface area (Å²) < 4.78 is 5.62. The van der Waals surface area contributed by atoms with E-state index < -0.39 is 0 Å². The zero-order valence-electron chi connectivity index (χ0n) is 14.8. The van der Waals surface area contributed by atoms with E-state index in [0.29, 0.717) is 12.2 Å². The predicted octanol–water partition coefficient (Wildman–Crippen LogP) is 5.71. The molecule has 0 spiro atoms. The minimum atomic E-state index is 0.0590. The van der Waals surface area contributed by atoms with Gasteiger partial charge in [-0.15, -0.1) is 11.3 Å². The second-order valence-electron chi connectivity index (χ2n) is 6.07. The van der Waals surface area contributed by atoms with Crippen molar-refractivity contribution in [1.29, 1.82) is 0 Å². The van der Waals surface area contributed by atoms with Crippen molar-refractivity contribution in [1.82, 2.24) is 4.98 Å². The van der Waals surface area contributed by atoms with Crippen molar-refractivity contribution in [2.75, 3.05) is 11.9 Å². The van der Waals surface area contributed by atoms with Crippen LogP contribution in [0.1, 0.15) is 24.2 Å². The number of hydrogen-bond donors (Lipinski definition) is 1. The lowest BCUT2D eigenvalue weighted by Gasteiger charge is -2.06. The van der Waals surface area contributed by atoms with Gasteiger partial charge in [0.25, 0.3) is 0 Å². The van der Waals surface area contributed by atoms with Crippen LogP contribution < -0.4 is 10.1 Å². The number of anilines is 2. The van der Waals surface area contributed by atoms with E-state index in [4.69, 9.17) is 4.74 Å². The normalized spacial score (nSPS) is 10.4. The van der Waals surface area contributed by atoms with E-state index >= 15 is 0 Å². The molecular weight excluding hydrogens is 344 g/mol. The monoisotopic (exact) mass is 364 g/mol. The number of ketones is 1. The molecule has 0 fully saturated rings. The Morgan fingerprint density at radius 1 is 1.12 bits per heavy atom. The number of Topliss-reactive ketones (excluding diaryl/α,β-unsaturated/α-hetero) is 1. The zero-order valence-corrected chi connectivity index (χ0v) is 15.6. The second-order valence-corrected chi connectivity index (χ2v) is 6.92. The quantitative estimate of drug-likeness (QED) is 0.431. The third-order valence-electron chi connectivity index (χ3n) is 3.68. The van der Waals surface area contributed by atoms with Crippen molar-refractivity contribution in [3.8, 4) is 17.0 Å². The summed E-state index contributed by atoms with van der Waals surface area (Å²) in [6, 6.07) is 15.2. The Morgan fingerprint density at radius 3 is 2.42 bits per heavy atom. The molecule has 0 radical (unpaired) electrons. The Labute approximate surface area is 157 Å². The third kappa shape index (κ3) is 4.58. The molecule has 1 aromatic heterocycles. The van der Waals surface area contributed by atoms with Crippen molar-refractivity contribution in [2.24, 2.45) is 0 Å². The third-order valence-corrected chi connectivity index (χ3v) is 4.44. The fourth-order valence-electron chi connectivity index (χ4n) is 2.30. The molecule has 0 atom stereocenters. The van der Waals surface area contributed by atoms with Gasteiger partial charge < -0.3 is 10.1 Å². The number of thiazole rings is 1. The molecule has 0 unspecified atom stereocenters. The van der Waals surface area contributed by atoms with Gasteiger partial charge in [0.15, 0.2) is 10.9 Å². The molecule has 3 aromatic rings. The highest BCUT2D eigenvalue weighted by molar-refractivity contribution is 7.14. The summed E-state index contributed by atoms with van der Waals surface area (Å²) in [4.78, 5) is 16.0. The molecular formula is C21H20N2O2S. The molecule has 1 N–H and O–H groups in total. The van der Waals surface area contributed by atoms with Gasteiger partial charge in [-0.3, -0.25) is 4.79 Å². The Kier molecular flexibility index (Phi) is 5.49. The molecule has 0 saturated heterocycles. The van der Waals surface area contributed by atoms with Crippen LogP contribution in [0, 0.1) is 0 Å². The van der Waals surface area contributed by atoms with Gasteiger partial charge in [0.1, 0.15) is 12.4 Å². The molecule has 0 amide bonds. The molecule has 132 valence electrons. The summed E-state index contributed by atoms with van der Waals surface area (Å²) in [6.45, 7) is 7.85. The minimum Gasteiger partial charge on any atom is -0.489 e. The van der Waals surface area contributed by atoms with Gasteiger partial charge in [-0.2, -0.15) is 0 Å². The first-order valence-corrected chi connectivity index (χ1v) is 9.10. The first-order valence-electron chi connectivity index (χ1n) is 8.22. The van der Waals surface area contributed by atoms with Crippen molar-refractivity contribution in [3.63, 3.8) is 0 Å². The average Bonchev–Trinajstić information content (AvgIpc) is 3.09. The number of carbonyl (C=O) groups excluding carboxylic acids is 1. The maximum Gasteiger partial charge on any atom is 0.187 e. The SMILES string of the molecule is C=C(C)COc1ccc(-c2csc(Nc3ccc(C(C)=O)cc3)n2)cc1. The minimum absolute atomic E-state index is 0.0590. The van der Waals surface area contributed by atoms with E-state index in [0.717, 1.165) is 33.4 Å². The van der Waals surface area contributed by atoms with Crippen LogP contribution in [0.4, 0.5) is 10.8 Å². The average molecular weight is 364 g/mol. The van der Waals surface area contributed by atoms with Gasteiger partial charge in [0.05, 0.1) is 5.69 Å². The highest BCUT2D eigenvalue weighted by Gasteiger charge is 2.06. The Morgan fingerprint density at radius 2 is 1.81 bits per heavy atom. The molecule has 0 aliphatic heterocycles. The number of carbonyl (C=O) groups is 1. The fourth-order valence-corrected chi connectivity index (χ4v) is 3.04. The van der Waals surface area contributed by atoms with E-state index in [1.165, 1.54) is 11.3 Å². The van der Waals surface area contributed by atoms with Gasteiger partial charge >= 0.3 is 0 Å². The van der Waals surface area contributed by atoms with E-state index in [9.17, 15) is 4.79 Å². The lowest BCUT2D eigenvalue weighted by Crippen LogP contribution is -1.97. The number of ether oxygens (including phenoxy) is 1. The lowest BCUT2D eigenvalue weighted by atomic mass is 10.1. The lowest BCUT2D eigenvalue weighted by molar-refractivity contribution is 0.101. The fraction of sp³-hybridized carbons (Fsp3) is 0.143. The first-order chi connectivity index (χ1) is 12.5. The largest absolute Gasteiger partial charge is 0.489 e. The number of nitrogens with zero attached hydrogens (tertiary/aromatic N) is 1. The number of rotatable bonds is 7. The van der Waals surface area contributed by atoms with Crippen LogP contribution in [0.15, 0.2) is 66.1 Å². The van der Waals surface area contributed by atoms with Crippen LogP contribution in [0.2, 0.25) is 0 Å². The second kappa shape index (κ2) is 7.97. The number of nitrogens with one attached hydrogen (secondary N) is 1. The molecule has 0 aliphatic rings. The first kappa shape index (κ1) is 17.9. The summed E-state index contributed by atoms with van der Waals surface area (Å²) in [7, 11) is 0. The van der Waals surface area contributed by atoms with E-state index in [-0.39, 0.29) is 5.78 Å². The van der Waals surface area contributed by atoms with Crippen molar-refractivity contribution in [2.45, 2.75) is 13.8 Å². The van der Waals surface area contributed by atoms with Gasteiger partial charge in [0.2, 0.25) is 0 Å². The summed E-state index contributed by atoms with van der Waals surface area (Å²) >= 11 is 1.54. The van der Waals surface area contributed by atoms with E-state index in [1.54, 1.807) is 6.92 Å². The standard InChI is InChI=1S/C21H20N2O2S/c1-14(2)12-25-19-10-6-17(7-11-19)20-13-26-21(23-20)22-18-8-4-16(5-9-18)15(3)24/h4-11,13H,1,12H2,2-3H3,(H,22,23). The number of aromatic nitrogens is 1. The molecule has 5 heteroatoms. The number of hydrogen-bond acceptors (Lipinski definition) is 5. The van der Waals surface area contributed by atoms with Gasteiger partial charge in [0, 0.05) is 22.2 Å². The molecule has 2 aromatic carbocycles. The van der Waals surface area contributed by atoms with Crippen LogP contribution in [0.3, 0.4) is 0 Å². The highest BCUT2D eigenvalue weighted by Crippen LogP contribution is 2.28. The smallest absolute Gasteiger partial charge is 0.187 e. The van der Waals surface area contributed by atoms with Crippen molar-refractivity contribution in [3.05, 3.63) is 71.6 Å². The zero-order chi connectivity index (χ0) is 18.5. The molecule has 0 aliphatic carbocycles. The van der Waals surface area contributed by atoms with Crippen LogP contribution >= 0.6 is 11.3 Å². The Bertz CT molecular complexity index is 912. The van der Waals surface area contributed by atoms with Crippen molar-refractivity contribution < 1.29 is 9.53 Å². The van der Waals surface area contributed by atoms with Crippen LogP contribution in [-0.4, -0.2) is 17.4 Å². The summed E-state index contributed by atoms with van der Waals surface area (Å²) in [5.74, 6) is 0.875. The molecule has 0 bridgehead atoms. The van der Waals surface area contributed by atoms with Crippen LogP contribution in [0.5, 0.6) is 5.75 Å². The van der Waals surface area contributed by atoms with E-state index in [2.05, 4.69) is 16.9 Å². The summed E-state index contributed by atoms with van der Waals surface area (Å²) in [5.41, 5.74) is 4.53. The molecule has 3 rings (SSSR count). The van der Waals surface area contributed by atoms with E-state index in [1.807, 2.05) is 60.8 Å². The predicted molar refractivity (Wildman–Crippen MR) is 108 cm³/mol. The van der Waals surface area contributed by atoms with Crippen molar-refractivity contribution >= 4 is 27.9 Å². The van der Waals surface area contributed by atoms with Gasteiger partial charge in [-0.1, -0.05) is 6.58 Å². The summed E-state index contributed by atoms with van der Waals surface area (Å²) in [5, 5.41) is 6.08. The molecule has 26 heavy (non-hydrogen) atoms. The molecule has 4 nitrogen and oxygen atoms in total. The Hall–Kier alpha value is -2.92. The molecule has 1 heterocycles. The van der Waals surface area contributed by atoms with Crippen LogP contribution in [0.25, 0.3) is 11.3 Å². The maximum atomic E-state index is 11.3. The van der Waals surface area contributed by atoms with Gasteiger partial charge in [-0.25, -0.2) is 4.98 Å². The Balaban J connectivity index is 1.67. The summed E-state index contributed by atoms with van der Waals surface area (Å²) in [6.07, 6.45) is 0. The number of benzene rings is 2. The van der Waals surface area contributed by atoms with Gasteiger partial charge in [-0.05, 0) is 68.0 Å².